The Morgan fingerprint density at radius 1 is 0.857 bits per heavy atom. The highest BCUT2D eigenvalue weighted by atomic mass is 19.4. The van der Waals surface area contributed by atoms with Crippen molar-refractivity contribution in [1.82, 2.24) is 9.97 Å². The third kappa shape index (κ3) is 1.70. The van der Waals surface area contributed by atoms with Crippen LogP contribution in [-0.2, 0) is 6.18 Å². The van der Waals surface area contributed by atoms with Gasteiger partial charge in [0, 0.05) is 21.7 Å². The second-order valence-electron chi connectivity index (χ2n) is 4.90. The number of pyridine rings is 1. The van der Waals surface area contributed by atoms with Crippen molar-refractivity contribution in [3.63, 3.8) is 0 Å². The molecule has 0 amide bonds. The van der Waals surface area contributed by atoms with E-state index in [-0.39, 0.29) is 5.39 Å². The molecule has 5 heteroatoms. The molecule has 0 aliphatic heterocycles. The molecule has 0 atom stereocenters. The first kappa shape index (κ1) is 12.2. The molecule has 0 unspecified atom stereocenters. The Kier molecular flexibility index (Phi) is 2.31. The van der Waals surface area contributed by atoms with Crippen molar-refractivity contribution in [2.24, 2.45) is 0 Å². The maximum atomic E-state index is 13.4. The van der Waals surface area contributed by atoms with Gasteiger partial charge in [-0.15, -0.1) is 0 Å². The maximum Gasteiger partial charge on any atom is 0.434 e. The molecular weight excluding hydrogens is 277 g/mol. The first-order chi connectivity index (χ1) is 10.1. The van der Waals surface area contributed by atoms with Crippen LogP contribution < -0.4 is 0 Å². The smallest absolute Gasteiger partial charge is 0.354 e. The Hall–Kier alpha value is -2.56. The van der Waals surface area contributed by atoms with Crippen LogP contribution in [0.4, 0.5) is 13.2 Å². The second-order valence-corrected chi connectivity index (χ2v) is 4.90. The number of hydrogen-bond acceptors (Lipinski definition) is 1. The Morgan fingerprint density at radius 3 is 2.29 bits per heavy atom. The van der Waals surface area contributed by atoms with E-state index in [9.17, 15) is 13.2 Å². The van der Waals surface area contributed by atoms with Gasteiger partial charge in [-0.1, -0.05) is 36.4 Å². The van der Waals surface area contributed by atoms with E-state index in [2.05, 4.69) is 9.97 Å². The maximum absolute atomic E-state index is 13.4. The molecule has 0 bridgehead atoms. The molecule has 104 valence electrons. The number of para-hydroxylation sites is 2. The lowest BCUT2D eigenvalue weighted by Crippen LogP contribution is -2.08. The third-order valence-electron chi connectivity index (χ3n) is 3.62. The fraction of sp³-hybridized carbons (Fsp3) is 0.0625. The number of alkyl halides is 3. The summed E-state index contributed by atoms with van der Waals surface area (Å²) in [6, 6.07) is 13.8. The zero-order chi connectivity index (χ0) is 14.6. The number of rotatable bonds is 0. The number of hydrogen-bond donors (Lipinski definition) is 1. The number of aromatic nitrogens is 2. The molecule has 21 heavy (non-hydrogen) atoms. The lowest BCUT2D eigenvalue weighted by Gasteiger charge is -2.09. The van der Waals surface area contributed by atoms with Gasteiger partial charge in [0.25, 0.3) is 0 Å². The Morgan fingerprint density at radius 2 is 1.52 bits per heavy atom. The number of aromatic amines is 1. The van der Waals surface area contributed by atoms with E-state index in [1.807, 2.05) is 0 Å². The first-order valence-electron chi connectivity index (χ1n) is 6.42. The topological polar surface area (TPSA) is 28.7 Å². The van der Waals surface area contributed by atoms with Crippen molar-refractivity contribution in [3.05, 3.63) is 54.2 Å². The van der Waals surface area contributed by atoms with Crippen LogP contribution >= 0.6 is 0 Å². The Balaban J connectivity index is 2.34. The van der Waals surface area contributed by atoms with Crippen molar-refractivity contribution in [2.75, 3.05) is 0 Å². The number of halogens is 3. The van der Waals surface area contributed by atoms with Crippen molar-refractivity contribution in [3.8, 4) is 0 Å². The van der Waals surface area contributed by atoms with E-state index in [4.69, 9.17) is 0 Å². The molecule has 2 aromatic heterocycles. The Bertz CT molecular complexity index is 983. The van der Waals surface area contributed by atoms with Gasteiger partial charge in [0.15, 0.2) is 5.69 Å². The molecule has 2 heterocycles. The summed E-state index contributed by atoms with van der Waals surface area (Å²) in [4.78, 5) is 6.95. The van der Waals surface area contributed by atoms with Crippen LogP contribution in [0.3, 0.4) is 0 Å². The van der Waals surface area contributed by atoms with Gasteiger partial charge in [-0.25, -0.2) is 4.98 Å². The van der Waals surface area contributed by atoms with Crippen LogP contribution in [0.5, 0.6) is 0 Å². The summed E-state index contributed by atoms with van der Waals surface area (Å²) in [5, 5.41) is 1.37. The number of nitrogens with one attached hydrogen (secondary N) is 1. The van der Waals surface area contributed by atoms with Crippen molar-refractivity contribution >= 4 is 32.7 Å². The van der Waals surface area contributed by atoms with Crippen LogP contribution in [0.1, 0.15) is 5.69 Å². The molecule has 0 fully saturated rings. The molecule has 0 saturated heterocycles. The Labute approximate surface area is 117 Å². The summed E-state index contributed by atoms with van der Waals surface area (Å²) in [5.41, 5.74) is 0.655. The van der Waals surface area contributed by atoms with Gasteiger partial charge >= 0.3 is 6.18 Å². The zero-order valence-corrected chi connectivity index (χ0v) is 10.7. The van der Waals surface area contributed by atoms with Gasteiger partial charge in [0.1, 0.15) is 0 Å². The molecule has 0 aliphatic carbocycles. The van der Waals surface area contributed by atoms with Gasteiger partial charge in [-0.05, 0) is 12.1 Å². The van der Waals surface area contributed by atoms with Gasteiger partial charge in [0.05, 0.1) is 11.0 Å². The minimum atomic E-state index is -4.49. The molecule has 4 aromatic rings. The van der Waals surface area contributed by atoms with Crippen molar-refractivity contribution in [2.45, 2.75) is 6.18 Å². The van der Waals surface area contributed by atoms with E-state index < -0.39 is 11.9 Å². The monoisotopic (exact) mass is 286 g/mol. The molecule has 2 nitrogen and oxygen atoms in total. The standard InChI is InChI=1S/C16H9F3N2/c17-16(18,19)15-13-9-5-1-3-7-11(9)20-14(13)10-6-2-4-8-12(10)21-15/h1-8,20H. The van der Waals surface area contributed by atoms with Crippen LogP contribution in [0.2, 0.25) is 0 Å². The number of nitrogens with zero attached hydrogens (tertiary/aromatic N) is 1. The van der Waals surface area contributed by atoms with Crippen molar-refractivity contribution < 1.29 is 13.2 Å². The number of H-pyrrole nitrogens is 1. The largest absolute Gasteiger partial charge is 0.434 e. The van der Waals surface area contributed by atoms with E-state index in [1.54, 1.807) is 48.5 Å². The summed E-state index contributed by atoms with van der Waals surface area (Å²) in [6.07, 6.45) is -4.49. The lowest BCUT2D eigenvalue weighted by molar-refractivity contribution is -0.139. The quantitative estimate of drug-likeness (QED) is 0.490. The predicted octanol–water partition coefficient (Wildman–Crippen LogP) is 4.89. The average molecular weight is 286 g/mol. The summed E-state index contributed by atoms with van der Waals surface area (Å²) >= 11 is 0. The second kappa shape index (κ2) is 3.97. The molecule has 0 radical (unpaired) electrons. The summed E-state index contributed by atoms with van der Waals surface area (Å²) in [6.45, 7) is 0. The molecule has 4 rings (SSSR count). The van der Waals surface area contributed by atoms with E-state index in [1.165, 1.54) is 0 Å². The predicted molar refractivity (Wildman–Crippen MR) is 76.1 cm³/mol. The zero-order valence-electron chi connectivity index (χ0n) is 10.7. The van der Waals surface area contributed by atoms with Gasteiger partial charge in [0.2, 0.25) is 0 Å². The fourth-order valence-corrected chi connectivity index (χ4v) is 2.75. The molecule has 0 aliphatic rings. The van der Waals surface area contributed by atoms with Gasteiger partial charge in [-0.3, -0.25) is 0 Å². The normalized spacial score (nSPS) is 12.5. The van der Waals surface area contributed by atoms with Crippen LogP contribution in [-0.4, -0.2) is 9.97 Å². The highest BCUT2D eigenvalue weighted by Gasteiger charge is 2.36. The first-order valence-corrected chi connectivity index (χ1v) is 6.42. The van der Waals surface area contributed by atoms with E-state index >= 15 is 0 Å². The van der Waals surface area contributed by atoms with Crippen LogP contribution in [0.25, 0.3) is 32.7 Å². The number of fused-ring (bicyclic) bond motifs is 5. The SMILES string of the molecule is FC(F)(F)c1nc2ccccc2c2[nH]c3ccccc3c12. The summed E-state index contributed by atoms with van der Waals surface area (Å²) < 4.78 is 40.1. The van der Waals surface area contributed by atoms with Gasteiger partial charge in [-0.2, -0.15) is 13.2 Å². The highest BCUT2D eigenvalue weighted by molar-refractivity contribution is 6.17. The average Bonchev–Trinajstić information content (AvgIpc) is 2.85. The van der Waals surface area contributed by atoms with E-state index in [0.29, 0.717) is 27.3 Å². The lowest BCUT2D eigenvalue weighted by atomic mass is 10.1. The fourth-order valence-electron chi connectivity index (χ4n) is 2.75. The van der Waals surface area contributed by atoms with Crippen molar-refractivity contribution in [1.29, 1.82) is 0 Å². The molecule has 0 spiro atoms. The molecule has 1 N–H and O–H groups in total. The summed E-state index contributed by atoms with van der Waals surface area (Å²) in [7, 11) is 0. The number of benzene rings is 2. The molecule has 0 saturated carbocycles. The van der Waals surface area contributed by atoms with Gasteiger partial charge < -0.3 is 4.98 Å². The van der Waals surface area contributed by atoms with E-state index in [0.717, 1.165) is 0 Å². The van der Waals surface area contributed by atoms with Crippen LogP contribution in [0.15, 0.2) is 48.5 Å². The third-order valence-corrected chi connectivity index (χ3v) is 3.62. The minimum absolute atomic E-state index is 0.136. The molecule has 2 aromatic carbocycles. The molecular formula is C16H9F3N2. The highest BCUT2D eigenvalue weighted by Crippen LogP contribution is 2.39. The minimum Gasteiger partial charge on any atom is -0.354 e. The van der Waals surface area contributed by atoms with Crippen LogP contribution in [0, 0.1) is 0 Å². The summed E-state index contributed by atoms with van der Waals surface area (Å²) in [5.74, 6) is 0.